The van der Waals surface area contributed by atoms with Gasteiger partial charge in [0.05, 0.1) is 12.2 Å². The van der Waals surface area contributed by atoms with E-state index in [9.17, 15) is 18.8 Å². The normalized spacial score (nSPS) is 18.4. The van der Waals surface area contributed by atoms with Gasteiger partial charge in [0.1, 0.15) is 11.9 Å². The van der Waals surface area contributed by atoms with E-state index in [-0.39, 0.29) is 41.4 Å². The Labute approximate surface area is 264 Å². The molecule has 3 aromatic rings. The summed E-state index contributed by atoms with van der Waals surface area (Å²) in [5.74, 6) is -0.377. The quantitative estimate of drug-likeness (QED) is 0.302. The predicted molar refractivity (Wildman–Crippen MR) is 170 cm³/mol. The third kappa shape index (κ3) is 8.16. The molecule has 45 heavy (non-hydrogen) atoms. The Bertz CT molecular complexity index is 1420. The van der Waals surface area contributed by atoms with E-state index in [0.29, 0.717) is 31.8 Å². The number of amides is 3. The molecule has 0 bridgehead atoms. The van der Waals surface area contributed by atoms with Crippen LogP contribution in [0.2, 0.25) is 0 Å². The minimum absolute atomic E-state index is 0.0165. The van der Waals surface area contributed by atoms with Gasteiger partial charge in [0, 0.05) is 31.2 Å². The zero-order valence-corrected chi connectivity index (χ0v) is 26.2. The Morgan fingerprint density at radius 3 is 2.47 bits per heavy atom. The van der Waals surface area contributed by atoms with E-state index < -0.39 is 12.1 Å². The number of nitrogens with zero attached hydrogens (tertiary/aromatic N) is 3. The van der Waals surface area contributed by atoms with Crippen LogP contribution in [0.1, 0.15) is 68.1 Å². The monoisotopic (exact) mass is 617 g/mol. The van der Waals surface area contributed by atoms with E-state index in [2.05, 4.69) is 15.6 Å². The first-order valence-electron chi connectivity index (χ1n) is 16.2. The molecule has 2 N–H and O–H groups in total. The Balaban J connectivity index is 1.36. The van der Waals surface area contributed by atoms with Crippen LogP contribution < -0.4 is 10.6 Å². The van der Waals surface area contributed by atoms with Gasteiger partial charge in [-0.2, -0.15) is 0 Å². The number of nitrogens with one attached hydrogen (secondary N) is 2. The zero-order valence-electron chi connectivity index (χ0n) is 26.2. The molecule has 1 saturated carbocycles. The van der Waals surface area contributed by atoms with Gasteiger partial charge in [-0.15, -0.1) is 0 Å². The van der Waals surface area contributed by atoms with Gasteiger partial charge in [0.2, 0.25) is 11.8 Å². The molecular formula is C35H44FN5O4. The first kappa shape index (κ1) is 32.3. The largest absolute Gasteiger partial charge is 0.432 e. The molecule has 0 radical (unpaired) electrons. The number of aromatic nitrogens is 1. The maximum absolute atomic E-state index is 14.2. The molecule has 2 aromatic carbocycles. The number of hydrogen-bond acceptors (Lipinski definition) is 6. The number of carbonyl (C=O) groups is 3. The van der Waals surface area contributed by atoms with Crippen LogP contribution in [0.25, 0.3) is 11.3 Å². The van der Waals surface area contributed by atoms with Crippen LogP contribution in [0.3, 0.4) is 0 Å². The number of carbonyl (C=O) groups excluding carboxylic acids is 3. The molecule has 1 aliphatic carbocycles. The van der Waals surface area contributed by atoms with Crippen molar-refractivity contribution in [2.75, 3.05) is 26.7 Å². The molecule has 2 heterocycles. The average Bonchev–Trinajstić information content (AvgIpc) is 3.76. The highest BCUT2D eigenvalue weighted by Crippen LogP contribution is 2.30. The van der Waals surface area contributed by atoms with Gasteiger partial charge < -0.3 is 24.9 Å². The lowest BCUT2D eigenvalue weighted by molar-refractivity contribution is -0.139. The molecule has 3 amide bonds. The van der Waals surface area contributed by atoms with Crippen molar-refractivity contribution in [3.05, 3.63) is 78.1 Å². The zero-order chi connectivity index (χ0) is 31.8. The van der Waals surface area contributed by atoms with Gasteiger partial charge in [0.15, 0.2) is 5.76 Å². The Morgan fingerprint density at radius 2 is 1.76 bits per heavy atom. The van der Waals surface area contributed by atoms with Crippen LogP contribution in [0.5, 0.6) is 0 Å². The summed E-state index contributed by atoms with van der Waals surface area (Å²) in [5.41, 5.74) is 1.71. The summed E-state index contributed by atoms with van der Waals surface area (Å²) in [6, 6.07) is 14.5. The summed E-state index contributed by atoms with van der Waals surface area (Å²) >= 11 is 0. The van der Waals surface area contributed by atoms with Gasteiger partial charge >= 0.3 is 5.91 Å². The van der Waals surface area contributed by atoms with E-state index in [0.717, 1.165) is 56.1 Å². The summed E-state index contributed by atoms with van der Waals surface area (Å²) in [4.78, 5) is 49.0. The van der Waals surface area contributed by atoms with E-state index >= 15 is 0 Å². The first-order valence-corrected chi connectivity index (χ1v) is 16.2. The molecule has 0 unspecified atom stereocenters. The van der Waals surface area contributed by atoms with Crippen LogP contribution in [0, 0.1) is 11.7 Å². The lowest BCUT2D eigenvalue weighted by Crippen LogP contribution is -2.57. The van der Waals surface area contributed by atoms with Crippen molar-refractivity contribution in [3.63, 3.8) is 0 Å². The van der Waals surface area contributed by atoms with Crippen molar-refractivity contribution < 1.29 is 23.2 Å². The van der Waals surface area contributed by atoms with Gasteiger partial charge in [-0.1, -0.05) is 61.7 Å². The van der Waals surface area contributed by atoms with Crippen molar-refractivity contribution in [2.45, 2.75) is 76.4 Å². The van der Waals surface area contributed by atoms with Crippen LogP contribution >= 0.6 is 0 Å². The SMILES string of the molecule is CN[C@@H](C)C(=O)N[C@H](C(=O)N1CCC[C@H]1CN(CCc1ccc(F)cc1)C(=O)c1ncc(-c2ccccc2)o1)C1CCCCC1. The van der Waals surface area contributed by atoms with Crippen molar-refractivity contribution in [2.24, 2.45) is 5.92 Å². The molecule has 5 rings (SSSR count). The van der Waals surface area contributed by atoms with Gasteiger partial charge in [0.25, 0.3) is 5.89 Å². The predicted octanol–water partition coefficient (Wildman–Crippen LogP) is 4.83. The van der Waals surface area contributed by atoms with Crippen LogP contribution in [0.4, 0.5) is 4.39 Å². The highest BCUT2D eigenvalue weighted by Gasteiger charge is 2.40. The number of rotatable bonds is 12. The fourth-order valence-corrected chi connectivity index (χ4v) is 6.44. The summed E-state index contributed by atoms with van der Waals surface area (Å²) < 4.78 is 19.5. The standard InChI is InChI=1S/C35H44FN5O4/c1-24(37-2)32(42)39-31(27-12-7-4-8-13-27)34(43)41-20-9-14-29(41)23-40(21-19-25-15-17-28(36)18-16-25)35(44)33-38-22-30(45-33)26-10-5-3-6-11-26/h3,5-6,10-11,15-18,22,24,27,29,31,37H,4,7-9,12-14,19-21,23H2,1-2H3,(H,39,42)/t24-,29-,31-/m0/s1. The fraction of sp³-hybridized carbons (Fsp3) is 0.486. The second-order valence-electron chi connectivity index (χ2n) is 12.2. The fourth-order valence-electron chi connectivity index (χ4n) is 6.44. The second kappa shape index (κ2) is 15.3. The van der Waals surface area contributed by atoms with Crippen molar-refractivity contribution in [3.8, 4) is 11.3 Å². The minimum Gasteiger partial charge on any atom is -0.432 e. The molecule has 1 aliphatic heterocycles. The lowest BCUT2D eigenvalue weighted by atomic mass is 9.83. The number of halogens is 1. The van der Waals surface area contributed by atoms with Gasteiger partial charge in [-0.05, 0) is 69.7 Å². The molecule has 0 spiro atoms. The minimum atomic E-state index is -0.599. The molecular weight excluding hydrogens is 573 g/mol. The molecule has 1 aromatic heterocycles. The summed E-state index contributed by atoms with van der Waals surface area (Å²) in [5, 5.41) is 6.05. The molecule has 240 valence electrons. The highest BCUT2D eigenvalue weighted by atomic mass is 19.1. The van der Waals surface area contributed by atoms with Crippen LogP contribution in [0.15, 0.2) is 65.2 Å². The summed E-state index contributed by atoms with van der Waals surface area (Å²) in [7, 11) is 1.73. The number of likely N-dealkylation sites (tertiary alicyclic amines) is 1. The molecule has 10 heteroatoms. The van der Waals surface area contributed by atoms with Gasteiger partial charge in [-0.25, -0.2) is 9.37 Å². The molecule has 3 atom stereocenters. The van der Waals surface area contributed by atoms with E-state index in [4.69, 9.17) is 4.42 Å². The third-order valence-electron chi connectivity index (χ3n) is 9.22. The number of benzene rings is 2. The molecule has 1 saturated heterocycles. The van der Waals surface area contributed by atoms with Crippen molar-refractivity contribution in [1.29, 1.82) is 0 Å². The van der Waals surface area contributed by atoms with E-state index in [1.807, 2.05) is 35.2 Å². The van der Waals surface area contributed by atoms with Gasteiger partial charge in [-0.3, -0.25) is 14.4 Å². The maximum atomic E-state index is 14.2. The van der Waals surface area contributed by atoms with Crippen molar-refractivity contribution >= 4 is 17.7 Å². The number of oxazole rings is 1. The second-order valence-corrected chi connectivity index (χ2v) is 12.2. The average molecular weight is 618 g/mol. The van der Waals surface area contributed by atoms with Crippen LogP contribution in [-0.2, 0) is 16.0 Å². The topological polar surface area (TPSA) is 108 Å². The summed E-state index contributed by atoms with van der Waals surface area (Å²) in [6.07, 6.45) is 8.64. The van der Waals surface area contributed by atoms with E-state index in [1.165, 1.54) is 12.1 Å². The number of hydrogen-bond donors (Lipinski definition) is 2. The third-order valence-corrected chi connectivity index (χ3v) is 9.22. The number of likely N-dealkylation sites (N-methyl/N-ethyl adjacent to an activating group) is 1. The summed E-state index contributed by atoms with van der Waals surface area (Å²) in [6.45, 7) is 3.00. The molecule has 2 aliphatic rings. The first-order chi connectivity index (χ1) is 21.8. The Kier molecular flexibility index (Phi) is 11.0. The smallest absolute Gasteiger partial charge is 0.309 e. The Hall–Kier alpha value is -4.05. The Morgan fingerprint density at radius 1 is 1.02 bits per heavy atom. The highest BCUT2D eigenvalue weighted by molar-refractivity contribution is 5.91. The lowest BCUT2D eigenvalue weighted by Gasteiger charge is -2.36. The van der Waals surface area contributed by atoms with Crippen LogP contribution in [-0.4, -0.2) is 77.3 Å². The molecule has 2 fully saturated rings. The maximum Gasteiger partial charge on any atom is 0.309 e. The van der Waals surface area contributed by atoms with Crippen molar-refractivity contribution in [1.82, 2.24) is 25.4 Å². The van der Waals surface area contributed by atoms with E-state index in [1.54, 1.807) is 37.2 Å². The molecule has 9 nitrogen and oxygen atoms in total.